The molecule has 1 fully saturated rings. The van der Waals surface area contributed by atoms with Gasteiger partial charge in [0, 0.05) is 28.9 Å². The molecule has 0 amide bonds. The van der Waals surface area contributed by atoms with E-state index in [0.29, 0.717) is 17.1 Å². The largest absolute Gasteiger partial charge is 0.389 e. The Morgan fingerprint density at radius 2 is 2.24 bits per heavy atom. The van der Waals surface area contributed by atoms with Crippen LogP contribution < -0.4 is 11.1 Å². The number of thiocarbonyl (C=S) groups is 1. The van der Waals surface area contributed by atoms with Crippen LogP contribution in [0, 0.1) is 0 Å². The monoisotopic (exact) mass is 314 g/mol. The van der Waals surface area contributed by atoms with E-state index < -0.39 is 0 Å². The first kappa shape index (κ1) is 12.8. The van der Waals surface area contributed by atoms with Crippen molar-refractivity contribution in [1.82, 2.24) is 0 Å². The summed E-state index contributed by atoms with van der Waals surface area (Å²) < 4.78 is 6.27. The molecule has 1 aromatic rings. The number of methoxy groups -OCH3 is 1. The van der Waals surface area contributed by atoms with E-state index in [1.165, 1.54) is 0 Å². The van der Waals surface area contributed by atoms with Crippen LogP contribution >= 0.6 is 28.1 Å². The molecule has 0 aliphatic heterocycles. The maximum Gasteiger partial charge on any atom is 0.106 e. The van der Waals surface area contributed by atoms with E-state index in [0.717, 1.165) is 28.6 Å². The van der Waals surface area contributed by atoms with Gasteiger partial charge in [-0.15, -0.1) is 0 Å². The highest BCUT2D eigenvalue weighted by atomic mass is 79.9. The number of anilines is 1. The second kappa shape index (κ2) is 5.33. The topological polar surface area (TPSA) is 47.3 Å². The summed E-state index contributed by atoms with van der Waals surface area (Å²) >= 11 is 8.50. The quantitative estimate of drug-likeness (QED) is 0.839. The standard InChI is InChI=1S/C12H15BrN2OS/c1-16-9-5-8(6-9)15-11-4-7(13)2-3-10(11)12(14)17/h2-4,8-9,15H,5-6H2,1H3,(H2,14,17). The number of hydrogen-bond donors (Lipinski definition) is 2. The third-order valence-electron chi connectivity index (χ3n) is 3.03. The average Bonchev–Trinajstić information content (AvgIpc) is 2.22. The fourth-order valence-electron chi connectivity index (χ4n) is 1.95. The van der Waals surface area contributed by atoms with Crippen molar-refractivity contribution in [3.8, 4) is 0 Å². The van der Waals surface area contributed by atoms with Gasteiger partial charge in [-0.1, -0.05) is 28.1 Å². The Morgan fingerprint density at radius 1 is 1.53 bits per heavy atom. The molecule has 1 aliphatic carbocycles. The Hall–Kier alpha value is -0.650. The Labute approximate surface area is 115 Å². The van der Waals surface area contributed by atoms with Crippen LogP contribution in [0.5, 0.6) is 0 Å². The summed E-state index contributed by atoms with van der Waals surface area (Å²) in [5.41, 5.74) is 7.59. The predicted molar refractivity (Wildman–Crippen MR) is 77.5 cm³/mol. The van der Waals surface area contributed by atoms with Gasteiger partial charge in [0.1, 0.15) is 4.99 Å². The van der Waals surface area contributed by atoms with Gasteiger partial charge in [0.2, 0.25) is 0 Å². The minimum absolute atomic E-state index is 0.382. The second-order valence-electron chi connectivity index (χ2n) is 4.22. The molecule has 1 aliphatic rings. The zero-order chi connectivity index (χ0) is 12.4. The lowest BCUT2D eigenvalue weighted by atomic mass is 9.89. The molecule has 0 aromatic heterocycles. The lowest BCUT2D eigenvalue weighted by Crippen LogP contribution is -2.40. The van der Waals surface area contributed by atoms with Crippen LogP contribution in [0.25, 0.3) is 0 Å². The van der Waals surface area contributed by atoms with Crippen molar-refractivity contribution in [3.63, 3.8) is 0 Å². The Morgan fingerprint density at radius 3 is 2.82 bits per heavy atom. The van der Waals surface area contributed by atoms with Crippen molar-refractivity contribution >= 4 is 38.8 Å². The van der Waals surface area contributed by atoms with E-state index in [4.69, 9.17) is 22.7 Å². The molecule has 0 unspecified atom stereocenters. The molecule has 0 bridgehead atoms. The molecule has 0 atom stereocenters. The first-order valence-electron chi connectivity index (χ1n) is 5.49. The molecular formula is C12H15BrN2OS. The maximum atomic E-state index is 5.70. The van der Waals surface area contributed by atoms with Crippen molar-refractivity contribution in [2.45, 2.75) is 25.0 Å². The highest BCUT2D eigenvalue weighted by molar-refractivity contribution is 9.10. The van der Waals surface area contributed by atoms with Crippen molar-refractivity contribution in [1.29, 1.82) is 0 Å². The number of ether oxygens (including phenoxy) is 1. The van der Waals surface area contributed by atoms with Crippen LogP contribution in [0.2, 0.25) is 0 Å². The summed E-state index contributed by atoms with van der Waals surface area (Å²) in [4.78, 5) is 0.419. The van der Waals surface area contributed by atoms with Crippen molar-refractivity contribution in [3.05, 3.63) is 28.2 Å². The fourth-order valence-corrected chi connectivity index (χ4v) is 2.49. The van der Waals surface area contributed by atoms with Crippen LogP contribution in [0.1, 0.15) is 18.4 Å². The lowest BCUT2D eigenvalue weighted by Gasteiger charge is -2.35. The Kier molecular flexibility index (Phi) is 4.01. The lowest BCUT2D eigenvalue weighted by molar-refractivity contribution is 0.0329. The molecule has 0 heterocycles. The van der Waals surface area contributed by atoms with E-state index in [9.17, 15) is 0 Å². The van der Waals surface area contributed by atoms with E-state index in [2.05, 4.69) is 21.2 Å². The molecular weight excluding hydrogens is 300 g/mol. The minimum atomic E-state index is 0.382. The van der Waals surface area contributed by atoms with E-state index in [-0.39, 0.29) is 0 Å². The number of hydrogen-bond acceptors (Lipinski definition) is 3. The first-order valence-corrected chi connectivity index (χ1v) is 6.69. The summed E-state index contributed by atoms with van der Waals surface area (Å²) in [6, 6.07) is 6.33. The van der Waals surface area contributed by atoms with Crippen LogP contribution in [0.3, 0.4) is 0 Å². The van der Waals surface area contributed by atoms with Gasteiger partial charge in [0.25, 0.3) is 0 Å². The average molecular weight is 315 g/mol. The number of rotatable bonds is 4. The zero-order valence-corrected chi connectivity index (χ0v) is 12.0. The summed E-state index contributed by atoms with van der Waals surface area (Å²) in [5, 5.41) is 3.46. The van der Waals surface area contributed by atoms with Gasteiger partial charge >= 0.3 is 0 Å². The van der Waals surface area contributed by atoms with Crippen molar-refractivity contribution in [2.24, 2.45) is 5.73 Å². The molecule has 0 saturated heterocycles. The van der Waals surface area contributed by atoms with Crippen molar-refractivity contribution in [2.75, 3.05) is 12.4 Å². The summed E-state index contributed by atoms with van der Waals surface area (Å²) in [6.07, 6.45) is 2.44. The smallest absolute Gasteiger partial charge is 0.106 e. The van der Waals surface area contributed by atoms with Gasteiger partial charge in [-0.05, 0) is 31.0 Å². The number of halogens is 1. The first-order chi connectivity index (χ1) is 8.10. The molecule has 0 radical (unpaired) electrons. The van der Waals surface area contributed by atoms with Gasteiger partial charge < -0.3 is 15.8 Å². The molecule has 2 rings (SSSR count). The number of nitrogens with one attached hydrogen (secondary N) is 1. The SMILES string of the molecule is COC1CC(Nc2cc(Br)ccc2C(N)=S)C1. The van der Waals surface area contributed by atoms with Crippen LogP contribution in [0.4, 0.5) is 5.69 Å². The van der Waals surface area contributed by atoms with Gasteiger partial charge in [0.05, 0.1) is 6.10 Å². The molecule has 0 spiro atoms. The Balaban J connectivity index is 2.09. The molecule has 3 nitrogen and oxygen atoms in total. The zero-order valence-electron chi connectivity index (χ0n) is 9.57. The molecule has 1 aromatic carbocycles. The molecule has 3 N–H and O–H groups in total. The Bertz CT molecular complexity index is 433. The minimum Gasteiger partial charge on any atom is -0.389 e. The highest BCUT2D eigenvalue weighted by Crippen LogP contribution is 2.29. The van der Waals surface area contributed by atoms with Gasteiger partial charge in [-0.2, -0.15) is 0 Å². The molecule has 17 heavy (non-hydrogen) atoms. The van der Waals surface area contributed by atoms with Crippen LogP contribution in [-0.2, 0) is 4.74 Å². The summed E-state index contributed by atoms with van der Waals surface area (Å²) in [6.45, 7) is 0. The van der Waals surface area contributed by atoms with E-state index in [1.807, 2.05) is 18.2 Å². The maximum absolute atomic E-state index is 5.70. The highest BCUT2D eigenvalue weighted by Gasteiger charge is 2.29. The molecule has 1 saturated carbocycles. The predicted octanol–water partition coefficient (Wildman–Crippen LogP) is 2.67. The third-order valence-corrected chi connectivity index (χ3v) is 3.75. The second-order valence-corrected chi connectivity index (χ2v) is 5.58. The number of nitrogens with two attached hydrogens (primary N) is 1. The molecule has 5 heteroatoms. The number of benzene rings is 1. The van der Waals surface area contributed by atoms with Gasteiger partial charge in [-0.3, -0.25) is 0 Å². The van der Waals surface area contributed by atoms with Crippen LogP contribution in [-0.4, -0.2) is 24.2 Å². The van der Waals surface area contributed by atoms with E-state index in [1.54, 1.807) is 7.11 Å². The normalized spacial score (nSPS) is 22.9. The third kappa shape index (κ3) is 2.97. The van der Waals surface area contributed by atoms with Crippen molar-refractivity contribution < 1.29 is 4.74 Å². The van der Waals surface area contributed by atoms with Gasteiger partial charge in [0.15, 0.2) is 0 Å². The van der Waals surface area contributed by atoms with E-state index >= 15 is 0 Å². The summed E-state index contributed by atoms with van der Waals surface area (Å²) in [5.74, 6) is 0. The van der Waals surface area contributed by atoms with Crippen LogP contribution in [0.15, 0.2) is 22.7 Å². The molecule has 92 valence electrons. The fraction of sp³-hybridized carbons (Fsp3) is 0.417. The summed E-state index contributed by atoms with van der Waals surface area (Å²) in [7, 11) is 1.75. The van der Waals surface area contributed by atoms with Gasteiger partial charge in [-0.25, -0.2) is 0 Å².